The van der Waals surface area contributed by atoms with Crippen molar-refractivity contribution in [2.45, 2.75) is 18.4 Å². The molecule has 1 aliphatic rings. The molecular formula is C16H18N6O2. The molecule has 0 aromatic carbocycles. The highest BCUT2D eigenvalue weighted by atomic mass is 16.5. The summed E-state index contributed by atoms with van der Waals surface area (Å²) in [6.07, 6.45) is 5.72. The van der Waals surface area contributed by atoms with Gasteiger partial charge in [-0.25, -0.2) is 4.98 Å². The standard InChI is InChI=1S/C16H18N6O2/c1-24-14-10-22(9-12(14)13-7-17-20-19-13)16(23)6-11-8-21-5-3-2-4-15(21)18-11/h2-5,7-8,12,14H,6,9-10H2,1H3,(H,17,19,20)/t12-,14+/m0/s1. The zero-order valence-corrected chi connectivity index (χ0v) is 13.3. The number of methoxy groups -OCH3 is 1. The van der Waals surface area contributed by atoms with E-state index in [1.165, 1.54) is 0 Å². The summed E-state index contributed by atoms with van der Waals surface area (Å²) in [5.74, 6) is 0.0882. The van der Waals surface area contributed by atoms with E-state index in [4.69, 9.17) is 4.74 Å². The van der Waals surface area contributed by atoms with Gasteiger partial charge in [0.15, 0.2) is 0 Å². The number of H-pyrrole nitrogens is 1. The Morgan fingerprint density at radius 2 is 2.33 bits per heavy atom. The lowest BCUT2D eigenvalue weighted by atomic mass is 10.0. The third-order valence-corrected chi connectivity index (χ3v) is 4.48. The Balaban J connectivity index is 1.48. The van der Waals surface area contributed by atoms with E-state index in [9.17, 15) is 4.79 Å². The first kappa shape index (κ1) is 14.8. The van der Waals surface area contributed by atoms with Crippen LogP contribution >= 0.6 is 0 Å². The van der Waals surface area contributed by atoms with Gasteiger partial charge in [0.2, 0.25) is 5.91 Å². The Kier molecular flexibility index (Phi) is 3.73. The number of hydrogen-bond acceptors (Lipinski definition) is 5. The fourth-order valence-electron chi connectivity index (χ4n) is 3.23. The van der Waals surface area contributed by atoms with E-state index in [-0.39, 0.29) is 24.3 Å². The third kappa shape index (κ3) is 2.65. The number of carbonyl (C=O) groups is 1. The topological polar surface area (TPSA) is 88.4 Å². The molecule has 1 amide bonds. The monoisotopic (exact) mass is 326 g/mol. The molecular weight excluding hydrogens is 308 g/mol. The Bertz CT molecular complexity index is 810. The number of amides is 1. The minimum atomic E-state index is -0.0693. The number of rotatable bonds is 4. The minimum absolute atomic E-state index is 0.0405. The lowest BCUT2D eigenvalue weighted by Crippen LogP contribution is -2.31. The zero-order valence-electron chi connectivity index (χ0n) is 13.3. The molecule has 0 bridgehead atoms. The van der Waals surface area contributed by atoms with E-state index in [1.54, 1.807) is 13.3 Å². The van der Waals surface area contributed by atoms with Crippen LogP contribution < -0.4 is 0 Å². The van der Waals surface area contributed by atoms with Crippen LogP contribution in [0.4, 0.5) is 0 Å². The van der Waals surface area contributed by atoms with Crippen LogP contribution in [0.25, 0.3) is 5.65 Å². The minimum Gasteiger partial charge on any atom is -0.379 e. The van der Waals surface area contributed by atoms with Crippen LogP contribution in [0.3, 0.4) is 0 Å². The molecule has 2 atom stereocenters. The summed E-state index contributed by atoms with van der Waals surface area (Å²) in [4.78, 5) is 19.0. The van der Waals surface area contributed by atoms with Crippen LogP contribution in [0.2, 0.25) is 0 Å². The Labute approximate surface area is 138 Å². The average Bonchev–Trinajstić information content (AvgIpc) is 3.32. The summed E-state index contributed by atoms with van der Waals surface area (Å²) in [5, 5.41) is 10.6. The lowest BCUT2D eigenvalue weighted by Gasteiger charge is -2.15. The molecule has 0 unspecified atom stereocenters. The number of hydrogen-bond donors (Lipinski definition) is 1. The maximum atomic E-state index is 12.6. The van der Waals surface area contributed by atoms with Gasteiger partial charge in [0.05, 0.1) is 36.0 Å². The molecule has 1 N–H and O–H groups in total. The van der Waals surface area contributed by atoms with Crippen LogP contribution in [-0.2, 0) is 16.0 Å². The van der Waals surface area contributed by atoms with E-state index in [2.05, 4.69) is 20.4 Å². The van der Waals surface area contributed by atoms with Crippen LogP contribution in [0.15, 0.2) is 36.8 Å². The highest BCUT2D eigenvalue weighted by Gasteiger charge is 2.37. The molecule has 1 aliphatic heterocycles. The second-order valence-electron chi connectivity index (χ2n) is 5.95. The number of pyridine rings is 1. The van der Waals surface area contributed by atoms with Crippen LogP contribution in [0.5, 0.6) is 0 Å². The molecule has 0 saturated carbocycles. The summed E-state index contributed by atoms with van der Waals surface area (Å²) < 4.78 is 7.45. The summed E-state index contributed by atoms with van der Waals surface area (Å²) in [7, 11) is 1.66. The SMILES string of the molecule is CO[C@@H]1CN(C(=O)Cc2cn3ccccc3n2)C[C@H]1c1cn[nH]n1. The molecule has 0 spiro atoms. The lowest BCUT2D eigenvalue weighted by molar-refractivity contribution is -0.129. The van der Waals surface area contributed by atoms with Gasteiger partial charge in [0.25, 0.3) is 0 Å². The fourth-order valence-corrected chi connectivity index (χ4v) is 3.23. The number of aromatic nitrogens is 5. The predicted molar refractivity (Wildman–Crippen MR) is 85.4 cm³/mol. The molecule has 4 rings (SSSR count). The first-order valence-corrected chi connectivity index (χ1v) is 7.83. The highest BCUT2D eigenvalue weighted by Crippen LogP contribution is 2.28. The fraction of sp³-hybridized carbons (Fsp3) is 0.375. The van der Waals surface area contributed by atoms with Gasteiger partial charge in [0, 0.05) is 32.6 Å². The molecule has 124 valence electrons. The molecule has 3 aromatic heterocycles. The van der Waals surface area contributed by atoms with Gasteiger partial charge in [-0.1, -0.05) is 6.07 Å². The van der Waals surface area contributed by atoms with E-state index in [1.807, 2.05) is 39.9 Å². The van der Waals surface area contributed by atoms with Crippen LogP contribution in [0.1, 0.15) is 17.3 Å². The van der Waals surface area contributed by atoms with Gasteiger partial charge in [-0.05, 0) is 12.1 Å². The number of aromatic amines is 1. The van der Waals surface area contributed by atoms with E-state index in [0.717, 1.165) is 17.0 Å². The maximum Gasteiger partial charge on any atom is 0.228 e. The number of carbonyl (C=O) groups excluding carboxylic acids is 1. The summed E-state index contributed by atoms with van der Waals surface area (Å²) in [5.41, 5.74) is 2.44. The molecule has 1 saturated heterocycles. The summed E-state index contributed by atoms with van der Waals surface area (Å²) in [6.45, 7) is 1.14. The second kappa shape index (κ2) is 6.04. The van der Waals surface area contributed by atoms with E-state index in [0.29, 0.717) is 13.1 Å². The molecule has 3 aromatic rings. The molecule has 8 heteroatoms. The Morgan fingerprint density at radius 3 is 3.08 bits per heavy atom. The van der Waals surface area contributed by atoms with Crippen molar-refractivity contribution in [3.63, 3.8) is 0 Å². The quantitative estimate of drug-likeness (QED) is 0.760. The largest absolute Gasteiger partial charge is 0.379 e. The first-order valence-electron chi connectivity index (χ1n) is 7.83. The van der Waals surface area contributed by atoms with Gasteiger partial charge in [-0.15, -0.1) is 0 Å². The molecule has 1 fully saturated rings. The van der Waals surface area contributed by atoms with Gasteiger partial charge in [-0.2, -0.15) is 15.4 Å². The van der Waals surface area contributed by atoms with Crippen LogP contribution in [0, 0.1) is 0 Å². The predicted octanol–water partition coefficient (Wildman–Crippen LogP) is 0.636. The third-order valence-electron chi connectivity index (χ3n) is 4.48. The first-order chi connectivity index (χ1) is 11.7. The normalized spacial score (nSPS) is 20.8. The van der Waals surface area contributed by atoms with Gasteiger partial charge >= 0.3 is 0 Å². The van der Waals surface area contributed by atoms with Crippen molar-refractivity contribution >= 4 is 11.6 Å². The van der Waals surface area contributed by atoms with Gasteiger partial charge in [0.1, 0.15) is 5.65 Å². The molecule has 0 aliphatic carbocycles. The molecule has 0 radical (unpaired) electrons. The maximum absolute atomic E-state index is 12.6. The smallest absolute Gasteiger partial charge is 0.228 e. The molecule has 24 heavy (non-hydrogen) atoms. The molecule has 4 heterocycles. The summed E-state index contributed by atoms with van der Waals surface area (Å²) in [6, 6.07) is 5.79. The van der Waals surface area contributed by atoms with Crippen molar-refractivity contribution in [3.05, 3.63) is 48.2 Å². The van der Waals surface area contributed by atoms with Crippen molar-refractivity contribution < 1.29 is 9.53 Å². The highest BCUT2D eigenvalue weighted by molar-refractivity contribution is 5.79. The summed E-state index contributed by atoms with van der Waals surface area (Å²) >= 11 is 0. The van der Waals surface area contributed by atoms with E-state index < -0.39 is 0 Å². The number of nitrogens with one attached hydrogen (secondary N) is 1. The zero-order chi connectivity index (χ0) is 16.5. The Morgan fingerprint density at radius 1 is 1.42 bits per heavy atom. The number of imidazole rings is 1. The number of nitrogens with zero attached hydrogens (tertiary/aromatic N) is 5. The van der Waals surface area contributed by atoms with Gasteiger partial charge < -0.3 is 14.0 Å². The van der Waals surface area contributed by atoms with Crippen molar-refractivity contribution in [3.8, 4) is 0 Å². The molecule has 8 nitrogen and oxygen atoms in total. The van der Waals surface area contributed by atoms with Crippen LogP contribution in [-0.4, -0.2) is 61.9 Å². The number of fused-ring (bicyclic) bond motifs is 1. The number of ether oxygens (including phenoxy) is 1. The van der Waals surface area contributed by atoms with Gasteiger partial charge in [-0.3, -0.25) is 4.79 Å². The second-order valence-corrected chi connectivity index (χ2v) is 5.95. The van der Waals surface area contributed by atoms with Crippen molar-refractivity contribution in [2.24, 2.45) is 0 Å². The number of likely N-dealkylation sites (tertiary alicyclic amines) is 1. The van der Waals surface area contributed by atoms with E-state index >= 15 is 0 Å². The van der Waals surface area contributed by atoms with Crippen molar-refractivity contribution in [1.29, 1.82) is 0 Å². The van der Waals surface area contributed by atoms with Crippen molar-refractivity contribution in [2.75, 3.05) is 20.2 Å². The average molecular weight is 326 g/mol. The Hall–Kier alpha value is -2.74. The van der Waals surface area contributed by atoms with Crippen molar-refractivity contribution in [1.82, 2.24) is 29.7 Å².